The van der Waals surface area contributed by atoms with Crippen LogP contribution in [0.3, 0.4) is 0 Å². The normalized spacial score (nSPS) is 7.62. The zero-order valence-corrected chi connectivity index (χ0v) is 10.6. The van der Waals surface area contributed by atoms with Crippen molar-refractivity contribution >= 4 is 27.3 Å². The Morgan fingerprint density at radius 3 is 1.75 bits per heavy atom. The molecule has 0 bridgehead atoms. The van der Waals surface area contributed by atoms with Crippen molar-refractivity contribution in [2.75, 3.05) is 0 Å². The topological polar surface area (TPSA) is 0 Å². The molecule has 1 heteroatoms. The van der Waals surface area contributed by atoms with Crippen molar-refractivity contribution < 1.29 is 0 Å². The molecule has 2 radical (unpaired) electrons. The first-order valence-electron chi connectivity index (χ1n) is 2.41. The van der Waals surface area contributed by atoms with Gasteiger partial charge in [-0.2, -0.15) is 0 Å². The van der Waals surface area contributed by atoms with Crippen molar-refractivity contribution in [3.05, 3.63) is 35.9 Å². The Labute approximate surface area is 70.1 Å². The summed E-state index contributed by atoms with van der Waals surface area (Å²) in [7, 11) is 0. The maximum atomic E-state index is 2.08. The van der Waals surface area contributed by atoms with Crippen LogP contribution in [0.25, 0.3) is 0 Å². The van der Waals surface area contributed by atoms with Gasteiger partial charge in [-0.05, 0) is 6.92 Å². The number of aryl methyl sites for hydroxylation is 1. The van der Waals surface area contributed by atoms with Crippen LogP contribution in [0.5, 0.6) is 0 Å². The first-order chi connectivity index (χ1) is 3.39. The van der Waals surface area contributed by atoms with Gasteiger partial charge < -0.3 is 0 Å². The van der Waals surface area contributed by atoms with Crippen LogP contribution >= 0.6 is 0 Å². The van der Waals surface area contributed by atoms with Gasteiger partial charge in [0.25, 0.3) is 0 Å². The van der Waals surface area contributed by atoms with Crippen molar-refractivity contribution in [3.63, 3.8) is 0 Å². The molecule has 0 unspecified atom stereocenters. The predicted octanol–water partition coefficient (Wildman–Crippen LogP) is 1.08. The van der Waals surface area contributed by atoms with E-state index in [-0.39, 0.29) is 27.3 Å². The van der Waals surface area contributed by atoms with Gasteiger partial charge in [0.15, 0.2) is 0 Å². The zero-order valence-electron chi connectivity index (χ0n) is 5.09. The van der Waals surface area contributed by atoms with Crippen LogP contribution in [0.15, 0.2) is 30.3 Å². The second-order valence-corrected chi connectivity index (χ2v) is 1.65. The van der Waals surface area contributed by atoms with Crippen molar-refractivity contribution in [2.24, 2.45) is 0 Å². The van der Waals surface area contributed by atoms with E-state index in [1.807, 2.05) is 18.2 Å². The van der Waals surface area contributed by atoms with Gasteiger partial charge in [-0.3, -0.25) is 0 Å². The molecule has 0 nitrogen and oxygen atoms in total. The molecule has 0 saturated carbocycles. The van der Waals surface area contributed by atoms with E-state index in [1.165, 1.54) is 5.56 Å². The van der Waals surface area contributed by atoms with Gasteiger partial charge in [0.1, 0.15) is 0 Å². The summed E-state index contributed by atoms with van der Waals surface area (Å²) in [6, 6.07) is 10.3. The van der Waals surface area contributed by atoms with E-state index in [4.69, 9.17) is 0 Å². The fourth-order valence-corrected chi connectivity index (χ4v) is 0.534. The van der Waals surface area contributed by atoms with E-state index in [0.29, 0.717) is 0 Å². The second kappa shape index (κ2) is 4.06. The molecule has 0 atom stereocenters. The molecule has 0 saturated heterocycles. The molecule has 0 N–H and O–H groups in total. The zero-order chi connectivity index (χ0) is 5.11. The molecule has 1 aromatic rings. The molecule has 1 rings (SSSR count). The van der Waals surface area contributed by atoms with Gasteiger partial charge in [-0.1, -0.05) is 35.9 Å². The molecule has 0 spiro atoms. The van der Waals surface area contributed by atoms with Crippen molar-refractivity contribution in [3.8, 4) is 0 Å². The van der Waals surface area contributed by atoms with Crippen LogP contribution < -0.4 is 0 Å². The van der Waals surface area contributed by atoms with E-state index >= 15 is 0 Å². The van der Waals surface area contributed by atoms with Gasteiger partial charge in [0, 0.05) is 0 Å². The minimum absolute atomic E-state index is 0. The van der Waals surface area contributed by atoms with Crippen LogP contribution in [0, 0.1) is 6.92 Å². The summed E-state index contributed by atoms with van der Waals surface area (Å²) in [4.78, 5) is 0. The van der Waals surface area contributed by atoms with Gasteiger partial charge in [-0.15, -0.1) is 0 Å². The number of hydrogen-bond acceptors (Lipinski definition) is 0. The molecule has 42 valence electrons. The van der Waals surface area contributed by atoms with E-state index in [0.717, 1.165) is 0 Å². The van der Waals surface area contributed by atoms with Gasteiger partial charge in [-0.25, -0.2) is 0 Å². The first kappa shape index (κ1) is 8.14. The molecule has 0 aliphatic rings. The molecule has 0 aromatic heterocycles. The van der Waals surface area contributed by atoms with E-state index < -0.39 is 0 Å². The summed E-state index contributed by atoms with van der Waals surface area (Å²) in [5.74, 6) is 0. The number of rotatable bonds is 0. The van der Waals surface area contributed by atoms with E-state index in [9.17, 15) is 0 Å². The number of hydrogen-bond donors (Lipinski definition) is 0. The van der Waals surface area contributed by atoms with Crippen LogP contribution in [0.4, 0.5) is 0 Å². The summed E-state index contributed by atoms with van der Waals surface area (Å²) in [6.45, 7) is 2.08. The molecule has 0 heterocycles. The third-order valence-electron chi connectivity index (χ3n) is 0.940. The Balaban J connectivity index is 0.000000490. The Bertz CT molecular complexity index is 134. The Kier molecular flexibility index (Phi) is 4.14. The summed E-state index contributed by atoms with van der Waals surface area (Å²) in [5, 5.41) is 0. The molecule has 0 fully saturated rings. The van der Waals surface area contributed by atoms with Crippen LogP contribution in [0.2, 0.25) is 0 Å². The Morgan fingerprint density at radius 2 is 1.50 bits per heavy atom. The molecule has 0 aliphatic carbocycles. The molecular weight excluding hydrogens is 291 g/mol. The van der Waals surface area contributed by atoms with Gasteiger partial charge in [0.2, 0.25) is 0 Å². The monoisotopic (exact) mass is 302 g/mol. The van der Waals surface area contributed by atoms with Crippen LogP contribution in [-0.4, -0.2) is 27.3 Å². The average molecular weight is 301 g/mol. The van der Waals surface area contributed by atoms with Gasteiger partial charge >= 0.3 is 27.3 Å². The van der Waals surface area contributed by atoms with Crippen LogP contribution in [-0.2, 0) is 0 Å². The number of benzene rings is 1. The van der Waals surface area contributed by atoms with Crippen molar-refractivity contribution in [1.29, 1.82) is 0 Å². The fraction of sp³-hybridized carbons (Fsp3) is 0.143. The maximum absolute atomic E-state index is 2.08. The summed E-state index contributed by atoms with van der Waals surface area (Å²) in [6.07, 6.45) is 0. The Morgan fingerprint density at radius 1 is 1.00 bits per heavy atom. The minimum atomic E-state index is 0. The SMILES string of the molecule is Cc1ccccc1.[PbH2]. The molecule has 1 aromatic carbocycles. The molecule has 0 aliphatic heterocycles. The third kappa shape index (κ3) is 2.45. The molecule has 0 amide bonds. The van der Waals surface area contributed by atoms with E-state index in [2.05, 4.69) is 19.1 Å². The van der Waals surface area contributed by atoms with Gasteiger partial charge in [0.05, 0.1) is 0 Å². The van der Waals surface area contributed by atoms with Crippen molar-refractivity contribution in [2.45, 2.75) is 6.92 Å². The first-order valence-corrected chi connectivity index (χ1v) is 2.41. The second-order valence-electron chi connectivity index (χ2n) is 1.65. The summed E-state index contributed by atoms with van der Waals surface area (Å²) < 4.78 is 0. The third-order valence-corrected chi connectivity index (χ3v) is 0.940. The van der Waals surface area contributed by atoms with E-state index in [1.54, 1.807) is 0 Å². The Hall–Kier alpha value is 0.142. The summed E-state index contributed by atoms with van der Waals surface area (Å²) in [5.41, 5.74) is 1.32. The standard InChI is InChI=1S/C7H8.Pb.2H/c1-7-5-3-2-4-6-7;;;/h2-6H,1H3;;;. The van der Waals surface area contributed by atoms with Crippen molar-refractivity contribution in [1.82, 2.24) is 0 Å². The molecule has 8 heavy (non-hydrogen) atoms. The molecular formula is C7H10Pb. The predicted molar refractivity (Wildman–Crippen MR) is 39.7 cm³/mol. The fourth-order valence-electron chi connectivity index (χ4n) is 0.534. The average Bonchev–Trinajstić information content (AvgIpc) is 1.69. The summed E-state index contributed by atoms with van der Waals surface area (Å²) >= 11 is 0. The quantitative estimate of drug-likeness (QED) is 0.629. The van der Waals surface area contributed by atoms with Crippen LogP contribution in [0.1, 0.15) is 5.56 Å².